The van der Waals surface area contributed by atoms with Crippen LogP contribution in [0, 0.1) is 15.9 Å². The largest absolute Gasteiger partial charge is 0.457 e. The molecule has 0 radical (unpaired) electrons. The van der Waals surface area contributed by atoms with Crippen molar-refractivity contribution in [3.05, 3.63) is 57.6 Å². The lowest BCUT2D eigenvalue weighted by molar-refractivity contribution is -0.387. The van der Waals surface area contributed by atoms with Crippen LogP contribution in [0.5, 0.6) is 0 Å². The number of amides is 4. The van der Waals surface area contributed by atoms with Crippen molar-refractivity contribution in [2.45, 2.75) is 0 Å². The molecule has 0 unspecified atom stereocenters. The van der Waals surface area contributed by atoms with Gasteiger partial charge in [-0.2, -0.15) is 4.39 Å². The molecule has 4 amide bonds. The van der Waals surface area contributed by atoms with Crippen molar-refractivity contribution < 1.29 is 28.1 Å². The van der Waals surface area contributed by atoms with Gasteiger partial charge in [0, 0.05) is 11.6 Å². The van der Waals surface area contributed by atoms with E-state index >= 15 is 0 Å². The van der Waals surface area contributed by atoms with Gasteiger partial charge in [-0.15, -0.1) is 0 Å². The highest BCUT2D eigenvalue weighted by Gasteiger charge is 2.28. The third-order valence-corrected chi connectivity index (χ3v) is 3.28. The molecule has 0 aliphatic carbocycles. The van der Waals surface area contributed by atoms with Crippen LogP contribution in [-0.4, -0.2) is 22.8 Å². The summed E-state index contributed by atoms with van der Waals surface area (Å²) in [6.45, 7) is 0. The number of benzene rings is 1. The Morgan fingerprint density at radius 3 is 2.40 bits per heavy atom. The van der Waals surface area contributed by atoms with Gasteiger partial charge in [0.2, 0.25) is 5.82 Å². The van der Waals surface area contributed by atoms with E-state index in [2.05, 4.69) is 0 Å². The maximum Gasteiger partial charge on any atom is 0.328 e. The van der Waals surface area contributed by atoms with Gasteiger partial charge in [0.15, 0.2) is 0 Å². The molecule has 25 heavy (non-hydrogen) atoms. The Morgan fingerprint density at radius 2 is 1.76 bits per heavy atom. The molecule has 1 fully saturated rings. The lowest BCUT2D eigenvalue weighted by Gasteiger charge is -2.13. The highest BCUT2D eigenvalue weighted by atomic mass is 19.1. The topological polar surface area (TPSA) is 132 Å². The number of barbiturate groups is 1. The standard InChI is InChI=1S/C15H8FN3O6/c16-10-3-1-7(5-11(10)19(23)24)12-4-2-8(25-12)6-9-13(20)17-15(22)18-14(9)21/h1-6H,(H2,17,18,20,21,22). The van der Waals surface area contributed by atoms with E-state index in [1.807, 2.05) is 10.6 Å². The van der Waals surface area contributed by atoms with Gasteiger partial charge < -0.3 is 4.42 Å². The van der Waals surface area contributed by atoms with E-state index < -0.39 is 34.3 Å². The van der Waals surface area contributed by atoms with Gasteiger partial charge in [-0.1, -0.05) is 0 Å². The van der Waals surface area contributed by atoms with Crippen LogP contribution in [-0.2, 0) is 9.59 Å². The molecule has 2 N–H and O–H groups in total. The van der Waals surface area contributed by atoms with Crippen molar-refractivity contribution in [3.63, 3.8) is 0 Å². The fraction of sp³-hybridized carbons (Fsp3) is 0. The highest BCUT2D eigenvalue weighted by molar-refractivity contribution is 6.31. The SMILES string of the molecule is O=C1NC(=O)C(=Cc2ccc(-c3ccc(F)c([N+](=O)[O-])c3)o2)C(=O)N1. The fourth-order valence-electron chi connectivity index (χ4n) is 2.14. The van der Waals surface area contributed by atoms with E-state index in [0.29, 0.717) is 0 Å². The molecule has 3 rings (SSSR count). The number of carbonyl (C=O) groups excluding carboxylic acids is 3. The van der Waals surface area contributed by atoms with Gasteiger partial charge in [0.25, 0.3) is 11.8 Å². The molecule has 9 nitrogen and oxygen atoms in total. The normalized spacial score (nSPS) is 14.1. The number of nitrogens with zero attached hydrogens (tertiary/aromatic N) is 1. The lowest BCUT2D eigenvalue weighted by atomic mass is 10.1. The van der Waals surface area contributed by atoms with Crippen molar-refractivity contribution >= 4 is 29.6 Å². The first kappa shape index (κ1) is 16.1. The zero-order valence-electron chi connectivity index (χ0n) is 12.2. The summed E-state index contributed by atoms with van der Waals surface area (Å²) in [5.41, 5.74) is -0.811. The monoisotopic (exact) mass is 345 g/mol. The maximum absolute atomic E-state index is 13.4. The number of furan rings is 1. The number of carbonyl (C=O) groups is 3. The summed E-state index contributed by atoms with van der Waals surface area (Å²) in [6, 6.07) is 5.15. The van der Waals surface area contributed by atoms with E-state index in [1.54, 1.807) is 0 Å². The first-order valence-corrected chi connectivity index (χ1v) is 6.77. The fourth-order valence-corrected chi connectivity index (χ4v) is 2.14. The molecule has 0 saturated carbocycles. The van der Waals surface area contributed by atoms with Crippen molar-refractivity contribution in [3.8, 4) is 11.3 Å². The van der Waals surface area contributed by atoms with Gasteiger partial charge in [0.1, 0.15) is 17.1 Å². The summed E-state index contributed by atoms with van der Waals surface area (Å²) in [6.07, 6.45) is 1.11. The van der Waals surface area contributed by atoms with E-state index in [9.17, 15) is 28.9 Å². The molecule has 1 aliphatic heterocycles. The quantitative estimate of drug-likeness (QED) is 0.377. The minimum atomic E-state index is -0.983. The smallest absolute Gasteiger partial charge is 0.328 e. The first-order chi connectivity index (χ1) is 11.8. The van der Waals surface area contributed by atoms with Crippen molar-refractivity contribution in [1.29, 1.82) is 0 Å². The molecular weight excluding hydrogens is 337 g/mol. The Labute approximate surface area is 138 Å². The average molecular weight is 345 g/mol. The van der Waals surface area contributed by atoms with Crippen LogP contribution in [0.2, 0.25) is 0 Å². The van der Waals surface area contributed by atoms with Gasteiger partial charge >= 0.3 is 11.7 Å². The van der Waals surface area contributed by atoms with Crippen LogP contribution in [0.25, 0.3) is 17.4 Å². The van der Waals surface area contributed by atoms with Gasteiger partial charge in [-0.25, -0.2) is 4.79 Å². The van der Waals surface area contributed by atoms with Crippen molar-refractivity contribution in [2.24, 2.45) is 0 Å². The van der Waals surface area contributed by atoms with Crippen LogP contribution in [0.15, 0.2) is 40.3 Å². The minimum Gasteiger partial charge on any atom is -0.457 e. The molecule has 0 atom stereocenters. The zero-order chi connectivity index (χ0) is 18.1. The Morgan fingerprint density at radius 1 is 1.08 bits per heavy atom. The minimum absolute atomic E-state index is 0.0941. The maximum atomic E-state index is 13.4. The summed E-state index contributed by atoms with van der Waals surface area (Å²) >= 11 is 0. The molecular formula is C15H8FN3O6. The predicted molar refractivity (Wildman–Crippen MR) is 80.4 cm³/mol. The Bertz CT molecular complexity index is 940. The van der Waals surface area contributed by atoms with E-state index in [4.69, 9.17) is 4.42 Å². The second kappa shape index (κ2) is 6.00. The molecule has 1 saturated heterocycles. The van der Waals surface area contributed by atoms with Crippen LogP contribution >= 0.6 is 0 Å². The number of hydrogen-bond donors (Lipinski definition) is 2. The predicted octanol–water partition coefficient (Wildman–Crippen LogP) is 1.74. The van der Waals surface area contributed by atoms with Crippen LogP contribution in [0.3, 0.4) is 0 Å². The Kier molecular flexibility index (Phi) is 3.85. The first-order valence-electron chi connectivity index (χ1n) is 6.77. The number of nitro groups is 1. The van der Waals surface area contributed by atoms with Crippen LogP contribution in [0.1, 0.15) is 5.76 Å². The molecule has 126 valence electrons. The van der Waals surface area contributed by atoms with Crippen LogP contribution in [0.4, 0.5) is 14.9 Å². The van der Waals surface area contributed by atoms with Gasteiger partial charge in [0.05, 0.1) is 4.92 Å². The van der Waals surface area contributed by atoms with Gasteiger partial charge in [-0.3, -0.25) is 30.3 Å². The molecule has 1 aromatic heterocycles. The number of nitro benzene ring substituents is 1. The Balaban J connectivity index is 1.93. The lowest BCUT2D eigenvalue weighted by Crippen LogP contribution is -2.51. The third kappa shape index (κ3) is 3.13. The van der Waals surface area contributed by atoms with Crippen molar-refractivity contribution in [2.75, 3.05) is 0 Å². The second-order valence-electron chi connectivity index (χ2n) is 4.92. The number of hydrogen-bond acceptors (Lipinski definition) is 6. The average Bonchev–Trinajstić information content (AvgIpc) is 2.99. The summed E-state index contributed by atoms with van der Waals surface area (Å²) in [5, 5.41) is 14.6. The molecule has 0 spiro atoms. The molecule has 10 heteroatoms. The molecule has 2 heterocycles. The van der Waals surface area contributed by atoms with E-state index in [-0.39, 0.29) is 22.7 Å². The highest BCUT2D eigenvalue weighted by Crippen LogP contribution is 2.28. The van der Waals surface area contributed by atoms with E-state index in [1.165, 1.54) is 18.2 Å². The number of imide groups is 2. The molecule has 1 aromatic carbocycles. The molecule has 2 aromatic rings. The van der Waals surface area contributed by atoms with Gasteiger partial charge in [-0.05, 0) is 30.3 Å². The van der Waals surface area contributed by atoms with Crippen molar-refractivity contribution in [1.82, 2.24) is 10.6 Å². The summed E-state index contributed by atoms with van der Waals surface area (Å²) in [7, 11) is 0. The number of urea groups is 1. The summed E-state index contributed by atoms with van der Waals surface area (Å²) < 4.78 is 18.8. The summed E-state index contributed by atoms with van der Waals surface area (Å²) in [4.78, 5) is 44.2. The van der Waals surface area contributed by atoms with Crippen LogP contribution < -0.4 is 10.6 Å². The number of halogens is 1. The number of rotatable bonds is 3. The third-order valence-electron chi connectivity index (χ3n) is 3.28. The van der Waals surface area contributed by atoms with E-state index in [0.717, 1.165) is 18.2 Å². The zero-order valence-corrected chi connectivity index (χ0v) is 12.2. The Hall–Kier alpha value is -3.82. The number of nitrogens with one attached hydrogen (secondary N) is 2. The second-order valence-corrected chi connectivity index (χ2v) is 4.92. The summed E-state index contributed by atoms with van der Waals surface area (Å²) in [5.74, 6) is -2.49. The molecule has 1 aliphatic rings. The molecule has 0 bridgehead atoms.